The van der Waals surface area contributed by atoms with Gasteiger partial charge in [-0.1, -0.05) is 12.5 Å². The van der Waals surface area contributed by atoms with E-state index in [1.807, 2.05) is 6.08 Å². The Morgan fingerprint density at radius 3 is 2.79 bits per heavy atom. The predicted octanol–water partition coefficient (Wildman–Crippen LogP) is 1.03. The zero-order valence-corrected chi connectivity index (χ0v) is 8.11. The van der Waals surface area contributed by atoms with Gasteiger partial charge < -0.3 is 10.0 Å². The summed E-state index contributed by atoms with van der Waals surface area (Å²) in [6.07, 6.45) is 6.12. The van der Waals surface area contributed by atoms with Crippen LogP contribution in [0.25, 0.3) is 0 Å². The number of carboxylic acids is 1. The van der Waals surface area contributed by atoms with Crippen molar-refractivity contribution < 1.29 is 14.7 Å². The predicted molar refractivity (Wildman–Crippen MR) is 51.8 cm³/mol. The molecular formula is C10H15NO3. The van der Waals surface area contributed by atoms with E-state index in [1.54, 1.807) is 11.0 Å². The minimum atomic E-state index is -0.746. The first-order chi connectivity index (χ1) is 6.70. The van der Waals surface area contributed by atoms with Gasteiger partial charge in [0.15, 0.2) is 0 Å². The molecule has 0 atom stereocenters. The minimum Gasteiger partial charge on any atom is -0.481 e. The number of carbonyl (C=O) groups excluding carboxylic acids is 1. The molecule has 0 aliphatic carbocycles. The molecule has 1 amide bonds. The molecule has 78 valence electrons. The highest BCUT2D eigenvalue weighted by molar-refractivity contribution is 5.89. The SMILES string of the molecule is O=C(O)CCCCCN1CC=CC1=O. The molecule has 1 aliphatic heterocycles. The number of hydrogen-bond donors (Lipinski definition) is 1. The summed E-state index contributed by atoms with van der Waals surface area (Å²) in [6.45, 7) is 1.45. The van der Waals surface area contributed by atoms with Gasteiger partial charge >= 0.3 is 5.97 Å². The van der Waals surface area contributed by atoms with Crippen molar-refractivity contribution in [2.45, 2.75) is 25.7 Å². The Labute approximate surface area is 83.2 Å². The highest BCUT2D eigenvalue weighted by atomic mass is 16.4. The zero-order chi connectivity index (χ0) is 10.4. The third-order valence-electron chi connectivity index (χ3n) is 2.22. The maximum atomic E-state index is 11.1. The first-order valence-electron chi connectivity index (χ1n) is 4.87. The second-order valence-electron chi connectivity index (χ2n) is 3.39. The smallest absolute Gasteiger partial charge is 0.303 e. The van der Waals surface area contributed by atoms with Gasteiger partial charge in [-0.2, -0.15) is 0 Å². The molecule has 0 saturated carbocycles. The van der Waals surface area contributed by atoms with Gasteiger partial charge in [-0.05, 0) is 12.8 Å². The van der Waals surface area contributed by atoms with Crippen LogP contribution in [0.1, 0.15) is 25.7 Å². The third-order valence-corrected chi connectivity index (χ3v) is 2.22. The van der Waals surface area contributed by atoms with E-state index < -0.39 is 5.97 Å². The molecule has 14 heavy (non-hydrogen) atoms. The Morgan fingerprint density at radius 2 is 2.21 bits per heavy atom. The summed E-state index contributed by atoms with van der Waals surface area (Å²) < 4.78 is 0. The fourth-order valence-corrected chi connectivity index (χ4v) is 1.43. The fourth-order valence-electron chi connectivity index (χ4n) is 1.43. The van der Waals surface area contributed by atoms with Crippen molar-refractivity contribution in [3.8, 4) is 0 Å². The maximum absolute atomic E-state index is 11.1. The largest absolute Gasteiger partial charge is 0.481 e. The zero-order valence-electron chi connectivity index (χ0n) is 8.11. The van der Waals surface area contributed by atoms with E-state index in [0.29, 0.717) is 13.0 Å². The fraction of sp³-hybridized carbons (Fsp3) is 0.600. The van der Waals surface area contributed by atoms with Crippen molar-refractivity contribution in [1.29, 1.82) is 0 Å². The van der Waals surface area contributed by atoms with Crippen LogP contribution in [0.2, 0.25) is 0 Å². The Hall–Kier alpha value is -1.32. The maximum Gasteiger partial charge on any atom is 0.303 e. The molecule has 1 aliphatic rings. The molecule has 0 spiro atoms. The molecule has 4 heteroatoms. The third kappa shape index (κ3) is 3.60. The second kappa shape index (κ2) is 5.42. The van der Waals surface area contributed by atoms with Crippen LogP contribution in [-0.2, 0) is 9.59 Å². The van der Waals surface area contributed by atoms with Crippen molar-refractivity contribution in [3.63, 3.8) is 0 Å². The Morgan fingerprint density at radius 1 is 1.43 bits per heavy atom. The molecule has 0 saturated heterocycles. The number of rotatable bonds is 6. The van der Waals surface area contributed by atoms with E-state index in [9.17, 15) is 9.59 Å². The van der Waals surface area contributed by atoms with Crippen LogP contribution in [0, 0.1) is 0 Å². The summed E-state index contributed by atoms with van der Waals surface area (Å²) in [5.41, 5.74) is 0. The van der Waals surface area contributed by atoms with E-state index in [0.717, 1.165) is 19.4 Å². The summed E-state index contributed by atoms with van der Waals surface area (Å²) >= 11 is 0. The van der Waals surface area contributed by atoms with E-state index in [2.05, 4.69) is 0 Å². The molecule has 0 aromatic rings. The quantitative estimate of drug-likeness (QED) is 0.647. The average molecular weight is 197 g/mol. The molecule has 0 aromatic heterocycles. The van der Waals surface area contributed by atoms with Crippen LogP contribution >= 0.6 is 0 Å². The van der Waals surface area contributed by atoms with Crippen LogP contribution in [0.3, 0.4) is 0 Å². The van der Waals surface area contributed by atoms with Gasteiger partial charge in [0.2, 0.25) is 5.91 Å². The molecule has 0 aromatic carbocycles. The van der Waals surface area contributed by atoms with Gasteiger partial charge in [0, 0.05) is 25.6 Å². The van der Waals surface area contributed by atoms with Crippen LogP contribution in [-0.4, -0.2) is 35.0 Å². The van der Waals surface area contributed by atoms with Crippen molar-refractivity contribution >= 4 is 11.9 Å². The first-order valence-corrected chi connectivity index (χ1v) is 4.87. The molecule has 4 nitrogen and oxygen atoms in total. The number of nitrogens with zero attached hydrogens (tertiary/aromatic N) is 1. The molecule has 0 fully saturated rings. The number of carboxylic acid groups (broad SMARTS) is 1. The van der Waals surface area contributed by atoms with Crippen molar-refractivity contribution in [2.75, 3.05) is 13.1 Å². The Bertz CT molecular complexity index is 248. The lowest BCUT2D eigenvalue weighted by molar-refractivity contribution is -0.137. The molecule has 1 heterocycles. The molecular weight excluding hydrogens is 182 g/mol. The van der Waals surface area contributed by atoms with E-state index in [-0.39, 0.29) is 12.3 Å². The summed E-state index contributed by atoms with van der Waals surface area (Å²) in [5, 5.41) is 8.39. The van der Waals surface area contributed by atoms with E-state index >= 15 is 0 Å². The van der Waals surface area contributed by atoms with Crippen LogP contribution in [0.15, 0.2) is 12.2 Å². The van der Waals surface area contributed by atoms with Crippen LogP contribution in [0.4, 0.5) is 0 Å². The van der Waals surface area contributed by atoms with E-state index in [1.165, 1.54) is 0 Å². The number of carbonyl (C=O) groups is 2. The number of unbranched alkanes of at least 4 members (excludes halogenated alkanes) is 2. The standard InChI is InChI=1S/C10H15NO3/c12-9-5-4-8-11(9)7-3-1-2-6-10(13)14/h4-5H,1-3,6-8H2,(H,13,14). The lowest BCUT2D eigenvalue weighted by atomic mass is 10.2. The molecule has 1 rings (SSSR count). The van der Waals surface area contributed by atoms with E-state index in [4.69, 9.17) is 5.11 Å². The lowest BCUT2D eigenvalue weighted by Gasteiger charge is -2.14. The highest BCUT2D eigenvalue weighted by Crippen LogP contribution is 2.06. The van der Waals surface area contributed by atoms with Crippen molar-refractivity contribution in [1.82, 2.24) is 4.90 Å². The number of aliphatic carboxylic acids is 1. The minimum absolute atomic E-state index is 0.0724. The summed E-state index contributed by atoms with van der Waals surface area (Å²) in [6, 6.07) is 0. The van der Waals surface area contributed by atoms with Gasteiger partial charge in [-0.25, -0.2) is 0 Å². The van der Waals surface area contributed by atoms with Gasteiger partial charge in [-0.15, -0.1) is 0 Å². The van der Waals surface area contributed by atoms with Gasteiger partial charge in [0.05, 0.1) is 0 Å². The number of hydrogen-bond acceptors (Lipinski definition) is 2. The Balaban J connectivity index is 1.99. The van der Waals surface area contributed by atoms with Gasteiger partial charge in [-0.3, -0.25) is 9.59 Å². The molecule has 0 unspecified atom stereocenters. The molecule has 0 bridgehead atoms. The summed E-state index contributed by atoms with van der Waals surface area (Å²) in [5.74, 6) is -0.674. The van der Waals surface area contributed by atoms with Gasteiger partial charge in [0.25, 0.3) is 0 Å². The van der Waals surface area contributed by atoms with Gasteiger partial charge in [0.1, 0.15) is 0 Å². The van der Waals surface area contributed by atoms with Crippen molar-refractivity contribution in [2.24, 2.45) is 0 Å². The number of amides is 1. The molecule has 0 radical (unpaired) electrons. The van der Waals surface area contributed by atoms with Crippen LogP contribution < -0.4 is 0 Å². The first kappa shape index (κ1) is 10.8. The topological polar surface area (TPSA) is 57.6 Å². The molecule has 1 N–H and O–H groups in total. The monoisotopic (exact) mass is 197 g/mol. The average Bonchev–Trinajstić information content (AvgIpc) is 2.51. The summed E-state index contributed by atoms with van der Waals surface area (Å²) in [4.78, 5) is 23.1. The normalized spacial score (nSPS) is 15.1. The highest BCUT2D eigenvalue weighted by Gasteiger charge is 2.12. The van der Waals surface area contributed by atoms with Crippen molar-refractivity contribution in [3.05, 3.63) is 12.2 Å². The second-order valence-corrected chi connectivity index (χ2v) is 3.39. The van der Waals surface area contributed by atoms with Crippen LogP contribution in [0.5, 0.6) is 0 Å². The Kier molecular flexibility index (Phi) is 4.16. The summed E-state index contributed by atoms with van der Waals surface area (Å²) in [7, 11) is 0. The lowest BCUT2D eigenvalue weighted by Crippen LogP contribution is -2.26.